The van der Waals surface area contributed by atoms with Crippen LogP contribution in [0.1, 0.15) is 11.3 Å². The van der Waals surface area contributed by atoms with E-state index in [1.807, 2.05) is 18.2 Å². The van der Waals surface area contributed by atoms with E-state index in [-0.39, 0.29) is 0 Å². The molecule has 3 aromatic rings. The van der Waals surface area contributed by atoms with Gasteiger partial charge in [0, 0.05) is 12.6 Å². The Morgan fingerprint density at radius 3 is 2.14 bits per heavy atom. The molecular weight excluding hydrogens is 284 g/mol. The molecule has 0 spiro atoms. The van der Waals surface area contributed by atoms with Crippen LogP contribution in [0.4, 0.5) is 0 Å². The van der Waals surface area contributed by atoms with Crippen molar-refractivity contribution >= 4 is 9.84 Å². The van der Waals surface area contributed by atoms with Gasteiger partial charge in [-0.05, 0) is 35.9 Å². The van der Waals surface area contributed by atoms with Crippen LogP contribution in [0, 0.1) is 0 Å². The van der Waals surface area contributed by atoms with Crippen molar-refractivity contribution in [2.45, 2.75) is 16.2 Å². The van der Waals surface area contributed by atoms with Gasteiger partial charge in [-0.1, -0.05) is 30.3 Å². The highest BCUT2D eigenvalue weighted by Gasteiger charge is 2.16. The van der Waals surface area contributed by atoms with Crippen molar-refractivity contribution in [1.29, 1.82) is 0 Å². The lowest BCUT2D eigenvalue weighted by Crippen LogP contribution is -2.02. The third kappa shape index (κ3) is 2.87. The van der Waals surface area contributed by atoms with E-state index in [1.54, 1.807) is 48.7 Å². The summed E-state index contributed by atoms with van der Waals surface area (Å²) in [5.74, 6) is 0. The molecule has 4 nitrogen and oxygen atoms in total. The monoisotopic (exact) mass is 298 g/mol. The van der Waals surface area contributed by atoms with Crippen molar-refractivity contribution in [3.8, 4) is 0 Å². The summed E-state index contributed by atoms with van der Waals surface area (Å²) in [5.41, 5.74) is 1.95. The van der Waals surface area contributed by atoms with E-state index in [0.29, 0.717) is 16.2 Å². The van der Waals surface area contributed by atoms with Crippen molar-refractivity contribution in [2.75, 3.05) is 0 Å². The fourth-order valence-electron chi connectivity index (χ4n) is 2.12. The van der Waals surface area contributed by atoms with E-state index >= 15 is 0 Å². The number of H-pyrrole nitrogens is 1. The second-order valence-electron chi connectivity index (χ2n) is 4.70. The number of aromatic nitrogens is 2. The molecule has 0 aliphatic heterocycles. The van der Waals surface area contributed by atoms with Crippen molar-refractivity contribution in [2.24, 2.45) is 0 Å². The van der Waals surface area contributed by atoms with E-state index in [9.17, 15) is 8.42 Å². The molecule has 1 aromatic heterocycles. The predicted octanol–water partition coefficient (Wildman–Crippen LogP) is 2.83. The smallest absolute Gasteiger partial charge is 0.206 e. The Hall–Kier alpha value is -2.40. The van der Waals surface area contributed by atoms with E-state index in [0.717, 1.165) is 11.3 Å². The molecule has 0 bridgehead atoms. The Kier molecular flexibility index (Phi) is 3.58. The number of rotatable bonds is 4. The molecule has 0 saturated carbocycles. The lowest BCUT2D eigenvalue weighted by molar-refractivity contribution is 0.596. The average molecular weight is 298 g/mol. The van der Waals surface area contributed by atoms with Gasteiger partial charge >= 0.3 is 0 Å². The molecule has 106 valence electrons. The molecule has 2 aromatic carbocycles. The van der Waals surface area contributed by atoms with Crippen LogP contribution in [0.25, 0.3) is 0 Å². The molecule has 0 aliphatic rings. The second-order valence-corrected chi connectivity index (χ2v) is 6.65. The summed E-state index contributed by atoms with van der Waals surface area (Å²) in [6.07, 6.45) is 2.44. The fraction of sp³-hybridized carbons (Fsp3) is 0.0625. The molecule has 1 N–H and O–H groups in total. The summed E-state index contributed by atoms with van der Waals surface area (Å²) in [4.78, 5) is 0.615. The maximum atomic E-state index is 12.4. The molecule has 21 heavy (non-hydrogen) atoms. The number of hydrogen-bond acceptors (Lipinski definition) is 3. The lowest BCUT2D eigenvalue weighted by Gasteiger charge is -2.05. The van der Waals surface area contributed by atoms with Gasteiger partial charge in [-0.3, -0.25) is 5.10 Å². The number of nitrogens with zero attached hydrogens (tertiary/aromatic N) is 1. The highest BCUT2D eigenvalue weighted by Crippen LogP contribution is 2.21. The van der Waals surface area contributed by atoms with Gasteiger partial charge in [0.25, 0.3) is 0 Å². The minimum atomic E-state index is -3.44. The van der Waals surface area contributed by atoms with Gasteiger partial charge in [0.15, 0.2) is 0 Å². The molecule has 0 radical (unpaired) electrons. The van der Waals surface area contributed by atoms with Crippen LogP contribution in [0.2, 0.25) is 0 Å². The molecule has 0 amide bonds. The van der Waals surface area contributed by atoms with Crippen molar-refractivity contribution in [3.63, 3.8) is 0 Å². The maximum absolute atomic E-state index is 12.4. The molecule has 5 heteroatoms. The Bertz CT molecular complexity index is 808. The molecule has 0 unspecified atom stereocenters. The summed E-state index contributed by atoms with van der Waals surface area (Å²) in [5, 5.41) is 6.85. The largest absolute Gasteiger partial charge is 0.285 e. The highest BCUT2D eigenvalue weighted by molar-refractivity contribution is 7.91. The zero-order valence-corrected chi connectivity index (χ0v) is 12.0. The summed E-state index contributed by atoms with van der Waals surface area (Å²) in [6, 6.07) is 17.3. The Balaban J connectivity index is 1.87. The minimum absolute atomic E-state index is 0.305. The fourth-order valence-corrected chi connectivity index (χ4v) is 3.40. The molecule has 1 heterocycles. The van der Waals surface area contributed by atoms with Gasteiger partial charge in [-0.2, -0.15) is 5.10 Å². The number of nitrogens with one attached hydrogen (secondary N) is 1. The number of aromatic amines is 1. The Morgan fingerprint density at radius 2 is 1.52 bits per heavy atom. The van der Waals surface area contributed by atoms with Gasteiger partial charge < -0.3 is 0 Å². The average Bonchev–Trinajstić information content (AvgIpc) is 3.02. The van der Waals surface area contributed by atoms with Crippen LogP contribution in [-0.2, 0) is 16.3 Å². The van der Waals surface area contributed by atoms with Crippen molar-refractivity contribution < 1.29 is 8.42 Å². The minimum Gasteiger partial charge on any atom is -0.285 e. The lowest BCUT2D eigenvalue weighted by atomic mass is 10.1. The van der Waals surface area contributed by atoms with Crippen LogP contribution in [0.15, 0.2) is 76.7 Å². The summed E-state index contributed by atoms with van der Waals surface area (Å²) in [6.45, 7) is 0. The zero-order valence-electron chi connectivity index (χ0n) is 11.2. The summed E-state index contributed by atoms with van der Waals surface area (Å²) >= 11 is 0. The van der Waals surface area contributed by atoms with Gasteiger partial charge in [-0.25, -0.2) is 8.42 Å². The molecule has 0 atom stereocenters. The van der Waals surface area contributed by atoms with Gasteiger partial charge in [0.05, 0.1) is 15.5 Å². The first-order valence-electron chi connectivity index (χ1n) is 6.54. The van der Waals surface area contributed by atoms with E-state index in [2.05, 4.69) is 10.2 Å². The van der Waals surface area contributed by atoms with Crippen molar-refractivity contribution in [1.82, 2.24) is 10.2 Å². The number of benzene rings is 2. The summed E-state index contributed by atoms with van der Waals surface area (Å²) < 4.78 is 24.9. The van der Waals surface area contributed by atoms with Crippen molar-refractivity contribution in [3.05, 3.63) is 78.1 Å². The maximum Gasteiger partial charge on any atom is 0.206 e. The quantitative estimate of drug-likeness (QED) is 0.805. The highest BCUT2D eigenvalue weighted by atomic mass is 32.2. The van der Waals surface area contributed by atoms with Crippen LogP contribution < -0.4 is 0 Å². The Morgan fingerprint density at radius 1 is 0.857 bits per heavy atom. The number of hydrogen-bond donors (Lipinski definition) is 1. The molecule has 3 rings (SSSR count). The third-order valence-electron chi connectivity index (χ3n) is 3.23. The van der Waals surface area contributed by atoms with Crippen LogP contribution in [0.3, 0.4) is 0 Å². The standard InChI is InChI=1S/C16H14N2O2S/c19-21(20,15-4-2-1-3-5-15)16-8-6-13(7-9-16)12-14-10-11-17-18-14/h1-11H,12H2,(H,17,18). The first-order valence-corrected chi connectivity index (χ1v) is 8.02. The third-order valence-corrected chi connectivity index (χ3v) is 5.02. The SMILES string of the molecule is O=S(=O)(c1ccccc1)c1ccc(Cc2cc[nH]n2)cc1. The molecule has 0 fully saturated rings. The number of sulfone groups is 1. The van der Waals surface area contributed by atoms with E-state index in [1.165, 1.54) is 0 Å². The molecule has 0 aliphatic carbocycles. The second kappa shape index (κ2) is 5.54. The van der Waals surface area contributed by atoms with E-state index in [4.69, 9.17) is 0 Å². The summed E-state index contributed by atoms with van der Waals surface area (Å²) in [7, 11) is -3.44. The first-order chi connectivity index (χ1) is 10.2. The van der Waals surface area contributed by atoms with Gasteiger partial charge in [0.2, 0.25) is 9.84 Å². The van der Waals surface area contributed by atoms with Gasteiger partial charge in [0.1, 0.15) is 0 Å². The normalized spacial score (nSPS) is 11.4. The zero-order chi connectivity index (χ0) is 14.7. The van der Waals surface area contributed by atoms with E-state index < -0.39 is 9.84 Å². The van der Waals surface area contributed by atoms with Crippen LogP contribution in [0.5, 0.6) is 0 Å². The topological polar surface area (TPSA) is 62.8 Å². The Labute approximate surface area is 123 Å². The van der Waals surface area contributed by atoms with Crippen LogP contribution >= 0.6 is 0 Å². The molecule has 0 saturated heterocycles. The predicted molar refractivity (Wildman–Crippen MR) is 79.7 cm³/mol. The van der Waals surface area contributed by atoms with Gasteiger partial charge in [-0.15, -0.1) is 0 Å². The molecular formula is C16H14N2O2S. The first kappa shape index (κ1) is 13.6. The van der Waals surface area contributed by atoms with Crippen LogP contribution in [-0.4, -0.2) is 18.6 Å².